The SMILES string of the molecule is CC(C)Oc1ccc(C(N)Cn2cccnc2=O)cc1. The summed E-state index contributed by atoms with van der Waals surface area (Å²) in [5.41, 5.74) is 6.79. The van der Waals surface area contributed by atoms with Crippen LogP contribution in [0.4, 0.5) is 0 Å². The zero-order chi connectivity index (χ0) is 14.5. The Morgan fingerprint density at radius 3 is 2.60 bits per heavy atom. The molecule has 0 bridgehead atoms. The summed E-state index contributed by atoms with van der Waals surface area (Å²) in [6.45, 7) is 4.36. The van der Waals surface area contributed by atoms with Crippen LogP contribution in [0, 0.1) is 0 Å². The third-order valence-electron chi connectivity index (χ3n) is 2.86. The Morgan fingerprint density at radius 1 is 1.30 bits per heavy atom. The highest BCUT2D eigenvalue weighted by Crippen LogP contribution is 2.18. The van der Waals surface area contributed by atoms with Crippen LogP contribution in [0.2, 0.25) is 0 Å². The molecule has 106 valence electrons. The van der Waals surface area contributed by atoms with Crippen LogP contribution < -0.4 is 16.2 Å². The first-order valence-electron chi connectivity index (χ1n) is 6.60. The molecule has 20 heavy (non-hydrogen) atoms. The van der Waals surface area contributed by atoms with Crippen LogP contribution in [0.3, 0.4) is 0 Å². The molecule has 0 aliphatic carbocycles. The van der Waals surface area contributed by atoms with Crippen LogP contribution in [-0.4, -0.2) is 15.7 Å². The van der Waals surface area contributed by atoms with E-state index in [-0.39, 0.29) is 17.8 Å². The number of nitrogens with two attached hydrogens (primary N) is 1. The van der Waals surface area contributed by atoms with Crippen molar-refractivity contribution in [2.24, 2.45) is 5.73 Å². The van der Waals surface area contributed by atoms with Crippen molar-refractivity contribution in [3.05, 3.63) is 58.8 Å². The van der Waals surface area contributed by atoms with Crippen molar-refractivity contribution < 1.29 is 4.74 Å². The molecule has 1 unspecified atom stereocenters. The minimum atomic E-state index is -0.289. The lowest BCUT2D eigenvalue weighted by Gasteiger charge is -2.15. The summed E-state index contributed by atoms with van der Waals surface area (Å²) in [5, 5.41) is 0. The fourth-order valence-corrected chi connectivity index (χ4v) is 1.91. The summed E-state index contributed by atoms with van der Waals surface area (Å²) in [4.78, 5) is 15.2. The van der Waals surface area contributed by atoms with E-state index in [1.165, 1.54) is 10.8 Å². The molecule has 5 heteroatoms. The number of hydrogen-bond donors (Lipinski definition) is 1. The topological polar surface area (TPSA) is 70.1 Å². The summed E-state index contributed by atoms with van der Waals surface area (Å²) >= 11 is 0. The van der Waals surface area contributed by atoms with Gasteiger partial charge in [-0.3, -0.25) is 4.57 Å². The minimum absolute atomic E-state index is 0.142. The molecule has 1 aromatic carbocycles. The number of rotatable bonds is 5. The highest BCUT2D eigenvalue weighted by atomic mass is 16.5. The van der Waals surface area contributed by atoms with E-state index in [4.69, 9.17) is 10.5 Å². The normalized spacial score (nSPS) is 12.4. The second-order valence-electron chi connectivity index (χ2n) is 4.90. The highest BCUT2D eigenvalue weighted by molar-refractivity contribution is 5.29. The van der Waals surface area contributed by atoms with Crippen LogP contribution in [0.1, 0.15) is 25.5 Å². The molecule has 2 aromatic rings. The van der Waals surface area contributed by atoms with E-state index >= 15 is 0 Å². The maximum atomic E-state index is 11.5. The largest absolute Gasteiger partial charge is 0.491 e. The van der Waals surface area contributed by atoms with Gasteiger partial charge in [0.1, 0.15) is 5.75 Å². The molecule has 0 saturated heterocycles. The van der Waals surface area contributed by atoms with Gasteiger partial charge in [0.25, 0.3) is 0 Å². The van der Waals surface area contributed by atoms with Crippen molar-refractivity contribution >= 4 is 0 Å². The van der Waals surface area contributed by atoms with E-state index in [2.05, 4.69) is 4.98 Å². The Bertz CT molecular complexity index is 605. The van der Waals surface area contributed by atoms with Gasteiger partial charge in [-0.2, -0.15) is 0 Å². The van der Waals surface area contributed by atoms with Gasteiger partial charge in [0.15, 0.2) is 0 Å². The summed E-state index contributed by atoms with van der Waals surface area (Å²) in [5.74, 6) is 0.814. The van der Waals surface area contributed by atoms with Crippen LogP contribution in [0.15, 0.2) is 47.5 Å². The lowest BCUT2D eigenvalue weighted by atomic mass is 10.1. The minimum Gasteiger partial charge on any atom is -0.491 e. The van der Waals surface area contributed by atoms with Crippen molar-refractivity contribution in [1.29, 1.82) is 0 Å². The van der Waals surface area contributed by atoms with Gasteiger partial charge in [0.2, 0.25) is 0 Å². The van der Waals surface area contributed by atoms with Crippen molar-refractivity contribution in [3.8, 4) is 5.75 Å². The second-order valence-corrected chi connectivity index (χ2v) is 4.90. The maximum absolute atomic E-state index is 11.5. The third-order valence-corrected chi connectivity index (χ3v) is 2.86. The number of hydrogen-bond acceptors (Lipinski definition) is 4. The molecule has 0 amide bonds. The van der Waals surface area contributed by atoms with Crippen molar-refractivity contribution in [2.75, 3.05) is 0 Å². The second kappa shape index (κ2) is 6.34. The van der Waals surface area contributed by atoms with Crippen LogP contribution in [0.5, 0.6) is 5.75 Å². The number of nitrogens with zero attached hydrogens (tertiary/aromatic N) is 2. The first-order valence-corrected chi connectivity index (χ1v) is 6.60. The van der Waals surface area contributed by atoms with E-state index in [1.54, 1.807) is 12.3 Å². The Labute approximate surface area is 118 Å². The molecule has 2 rings (SSSR count). The predicted molar refractivity (Wildman–Crippen MR) is 77.6 cm³/mol. The lowest BCUT2D eigenvalue weighted by Crippen LogP contribution is -2.27. The van der Waals surface area contributed by atoms with Gasteiger partial charge in [-0.1, -0.05) is 12.1 Å². The fraction of sp³-hybridized carbons (Fsp3) is 0.333. The number of benzene rings is 1. The van der Waals surface area contributed by atoms with Crippen molar-refractivity contribution in [2.45, 2.75) is 32.5 Å². The summed E-state index contributed by atoms with van der Waals surface area (Å²) in [6.07, 6.45) is 3.30. The first kappa shape index (κ1) is 14.3. The third kappa shape index (κ3) is 3.68. The van der Waals surface area contributed by atoms with E-state index in [1.807, 2.05) is 38.1 Å². The summed E-state index contributed by atoms with van der Waals surface area (Å²) in [7, 11) is 0. The van der Waals surface area contributed by atoms with Crippen LogP contribution >= 0.6 is 0 Å². The summed E-state index contributed by atoms with van der Waals surface area (Å²) < 4.78 is 7.08. The monoisotopic (exact) mass is 273 g/mol. The molecule has 0 radical (unpaired) electrons. The van der Waals surface area contributed by atoms with E-state index < -0.39 is 0 Å². The molecule has 1 heterocycles. The predicted octanol–water partition coefficient (Wildman–Crippen LogP) is 1.73. The Morgan fingerprint density at radius 2 is 2.00 bits per heavy atom. The molecule has 0 saturated carbocycles. The average molecular weight is 273 g/mol. The van der Waals surface area contributed by atoms with Gasteiger partial charge in [0.05, 0.1) is 6.10 Å². The van der Waals surface area contributed by atoms with Gasteiger partial charge in [0, 0.05) is 25.0 Å². The average Bonchev–Trinajstić information content (AvgIpc) is 2.41. The molecule has 2 N–H and O–H groups in total. The Hall–Kier alpha value is -2.14. The quantitative estimate of drug-likeness (QED) is 0.900. The van der Waals surface area contributed by atoms with Gasteiger partial charge < -0.3 is 10.5 Å². The van der Waals surface area contributed by atoms with Crippen molar-refractivity contribution in [3.63, 3.8) is 0 Å². The van der Waals surface area contributed by atoms with Gasteiger partial charge in [-0.05, 0) is 37.6 Å². The van der Waals surface area contributed by atoms with Crippen molar-refractivity contribution in [1.82, 2.24) is 9.55 Å². The smallest absolute Gasteiger partial charge is 0.347 e. The standard InChI is InChI=1S/C15H19N3O2/c1-11(2)20-13-6-4-12(5-7-13)14(16)10-18-9-3-8-17-15(18)19/h3-9,11,14H,10,16H2,1-2H3. The molecule has 1 aromatic heterocycles. The zero-order valence-corrected chi connectivity index (χ0v) is 11.7. The molecule has 5 nitrogen and oxygen atoms in total. The molecule has 0 fully saturated rings. The lowest BCUT2D eigenvalue weighted by molar-refractivity contribution is 0.242. The summed E-state index contributed by atoms with van der Waals surface area (Å²) in [6, 6.07) is 9.08. The van der Waals surface area contributed by atoms with Gasteiger partial charge in [-0.15, -0.1) is 0 Å². The maximum Gasteiger partial charge on any atom is 0.347 e. The Kier molecular flexibility index (Phi) is 4.53. The Balaban J connectivity index is 2.08. The number of aromatic nitrogens is 2. The van der Waals surface area contributed by atoms with Crippen LogP contribution in [0.25, 0.3) is 0 Å². The van der Waals surface area contributed by atoms with E-state index in [9.17, 15) is 4.79 Å². The first-order chi connectivity index (χ1) is 9.56. The zero-order valence-electron chi connectivity index (χ0n) is 11.7. The molecule has 1 atom stereocenters. The highest BCUT2D eigenvalue weighted by Gasteiger charge is 2.08. The van der Waals surface area contributed by atoms with E-state index in [0.717, 1.165) is 11.3 Å². The molecule has 0 aliphatic heterocycles. The number of ether oxygens (including phenoxy) is 1. The molecule has 0 spiro atoms. The van der Waals surface area contributed by atoms with Gasteiger partial charge in [-0.25, -0.2) is 9.78 Å². The molecule has 0 aliphatic rings. The molecular formula is C15H19N3O2. The molecular weight excluding hydrogens is 254 g/mol. The van der Waals surface area contributed by atoms with Gasteiger partial charge >= 0.3 is 5.69 Å². The van der Waals surface area contributed by atoms with E-state index in [0.29, 0.717) is 6.54 Å². The van der Waals surface area contributed by atoms with Crippen LogP contribution in [-0.2, 0) is 6.54 Å². The fourth-order valence-electron chi connectivity index (χ4n) is 1.91.